The summed E-state index contributed by atoms with van der Waals surface area (Å²) in [5, 5.41) is 52.2. The molecule has 1 unspecified atom stereocenters. The first kappa shape index (κ1) is 75.5. The number of rotatable bonds is 43. The van der Waals surface area contributed by atoms with Gasteiger partial charge in [-0.3, -0.25) is 77.0 Å². The van der Waals surface area contributed by atoms with Crippen molar-refractivity contribution >= 4 is 100 Å². The van der Waals surface area contributed by atoms with Crippen molar-refractivity contribution < 1.29 is 91.9 Å². The highest BCUT2D eigenvalue weighted by Crippen LogP contribution is 2.25. The highest BCUT2D eigenvalue weighted by atomic mass is 32.2. The molecule has 1 aliphatic heterocycles. The second-order valence-electron chi connectivity index (χ2n) is 20.0. The Kier molecular flexibility index (Phi) is 34.3. The van der Waals surface area contributed by atoms with Gasteiger partial charge in [0.1, 0.15) is 48.3 Å². The Balaban J connectivity index is 2.22. The van der Waals surface area contributed by atoms with Gasteiger partial charge in [-0.25, -0.2) is 4.98 Å². The maximum Gasteiger partial charge on any atom is 0.305 e. The van der Waals surface area contributed by atoms with Gasteiger partial charge in [0.15, 0.2) is 5.96 Å². The molecule has 492 valence electrons. The van der Waals surface area contributed by atoms with Crippen LogP contribution in [0.15, 0.2) is 17.5 Å². The maximum atomic E-state index is 13.8. The van der Waals surface area contributed by atoms with E-state index in [0.717, 1.165) is 16.7 Å². The molecule has 38 heteroatoms. The zero-order valence-corrected chi connectivity index (χ0v) is 49.9. The molecule has 1 saturated heterocycles. The maximum absolute atomic E-state index is 13.8. The Bertz CT molecular complexity index is 2590. The summed E-state index contributed by atoms with van der Waals surface area (Å²) in [5.74, 6) is -15.6. The van der Waals surface area contributed by atoms with Crippen LogP contribution in [0.4, 0.5) is 0 Å². The molecule has 0 aromatic carbocycles. The van der Waals surface area contributed by atoms with Crippen LogP contribution >= 0.6 is 11.8 Å². The third kappa shape index (κ3) is 27.4. The minimum Gasteiger partial charge on any atom is -0.481 e. The quantitative estimate of drug-likeness (QED) is 0.0125. The Morgan fingerprint density at radius 2 is 1.25 bits per heavy atom. The molecule has 2 rings (SSSR count). The van der Waals surface area contributed by atoms with Crippen LogP contribution in [0.25, 0.3) is 0 Å². The van der Waals surface area contributed by atoms with E-state index < -0.39 is 182 Å². The topological polar surface area (TPSA) is 587 Å². The lowest BCUT2D eigenvalue weighted by atomic mass is 10.0. The zero-order chi connectivity index (χ0) is 66.0. The Labute approximate surface area is 509 Å². The third-order valence-electron chi connectivity index (χ3n) is 12.6. The van der Waals surface area contributed by atoms with Crippen LogP contribution in [0.3, 0.4) is 0 Å². The number of likely N-dealkylation sites (tertiary alicyclic amines) is 1. The number of aliphatic hydroxyl groups excluding tert-OH is 2. The van der Waals surface area contributed by atoms with Gasteiger partial charge in [-0.1, -0.05) is 13.8 Å². The summed E-state index contributed by atoms with van der Waals surface area (Å²) in [6.07, 6.45) is 1.71. The van der Waals surface area contributed by atoms with E-state index in [1.54, 1.807) is 20.1 Å². The van der Waals surface area contributed by atoms with Crippen molar-refractivity contribution in [3.63, 3.8) is 0 Å². The van der Waals surface area contributed by atoms with E-state index in [1.165, 1.54) is 19.6 Å². The molecule has 1 fully saturated rings. The number of thioether (sulfide) groups is 1. The number of amides is 13. The monoisotopic (exact) mass is 1270 g/mol. The number of primary amides is 1. The largest absolute Gasteiger partial charge is 0.481 e. The number of hydrogen-bond donors (Lipinski definition) is 18. The van der Waals surface area contributed by atoms with Crippen molar-refractivity contribution in [1.82, 2.24) is 68.0 Å². The average Bonchev–Trinajstić information content (AvgIpc) is 2.23. The average molecular weight is 1270 g/mol. The van der Waals surface area contributed by atoms with Gasteiger partial charge in [-0.05, 0) is 37.9 Å². The number of aliphatic hydroxyl groups is 2. The highest BCUT2D eigenvalue weighted by Gasteiger charge is 2.45. The molecule has 1 aliphatic rings. The molecule has 2 heterocycles. The van der Waals surface area contributed by atoms with Crippen LogP contribution in [0.5, 0.6) is 0 Å². The number of aliphatic carboxylic acids is 1. The van der Waals surface area contributed by atoms with Gasteiger partial charge in [-0.2, -0.15) is 11.8 Å². The summed E-state index contributed by atoms with van der Waals surface area (Å²) in [7, 11) is 1.51. The van der Waals surface area contributed by atoms with Crippen molar-refractivity contribution in [2.24, 2.45) is 33.8 Å². The molecule has 0 spiro atoms. The number of ether oxygens (including phenoxy) is 2. The van der Waals surface area contributed by atoms with Crippen LogP contribution < -0.4 is 76.1 Å². The standard InChI is InChI=1S/C50H82N18O19S/c1-25(2)13-28(65-48(84)34(18-51)68-39(74)17-35(88-4)49(68)85)44(80)66-32(22-69)42(78)59-21-38(73)61-27(7-5-8-57-50(53)54)43(79)67-33(23-70)47(83)64-31(16-40(75)76)46(82)63-30(15-36(52)71)45(81)62-29(14-26-19-55-24-60-26)41(77)58-20-37(72)56-9-6-10-87-12-11-86-3/h19,24-25,27-35,69-70H,5-18,20-23,51H2,1-4H3,(H2,52,71)(H,55,60)(H,56,72)(H,58,77)(H,59,78)(H,61,73)(H,62,81)(H,63,82)(H,64,83)(H,65,84)(H,66,80)(H,67,79)(H,75,76)(H4,53,54,57)/t27-,28-,29-,30-,31-,32-,33-,34-,35?/m0/s1. The number of nitrogens with one attached hydrogen (secondary N) is 11. The number of nitrogens with two attached hydrogens (primary N) is 4. The number of guanidine groups is 1. The molecular formula is C50H82N18O19S. The number of carbonyl (C=O) groups excluding carboxylic acids is 13. The number of aromatic nitrogens is 2. The number of nitrogens with zero attached hydrogens (tertiary/aromatic N) is 3. The molecule has 1 aromatic rings. The lowest BCUT2D eigenvalue weighted by Gasteiger charge is -2.28. The summed E-state index contributed by atoms with van der Waals surface area (Å²) in [6.45, 7) is 0.342. The van der Waals surface area contributed by atoms with Gasteiger partial charge in [0.2, 0.25) is 76.8 Å². The number of hydrogen-bond acceptors (Lipinski definition) is 22. The van der Waals surface area contributed by atoms with E-state index in [1.807, 2.05) is 5.32 Å². The summed E-state index contributed by atoms with van der Waals surface area (Å²) in [6, 6.07) is -13.8. The number of aromatic amines is 1. The molecule has 1 aromatic heterocycles. The van der Waals surface area contributed by atoms with E-state index in [0.29, 0.717) is 31.9 Å². The van der Waals surface area contributed by atoms with Crippen LogP contribution in [-0.2, 0) is 83.0 Å². The SMILES string of the molecule is COCCOCCCNC(=O)CNC(=O)[C@H](Cc1cnc[nH]1)NC(=O)[C@H](CC(N)=O)NC(=O)[C@H](CC(=O)O)NC(=O)[C@H](CO)NC(=O)[C@H](CCCN=C(N)N)NC(=O)CNC(=O)[C@H](CO)NC(=O)[C@H](CC(C)C)NC(=O)[C@H](CN)N1C(=O)CC(SC)C1=O. The van der Waals surface area contributed by atoms with E-state index in [4.69, 9.17) is 32.4 Å². The van der Waals surface area contributed by atoms with Crippen LogP contribution in [0.1, 0.15) is 64.5 Å². The first-order chi connectivity index (χ1) is 41.7. The number of carboxylic acid groups (broad SMARTS) is 1. The van der Waals surface area contributed by atoms with E-state index in [9.17, 15) is 82.4 Å². The highest BCUT2D eigenvalue weighted by molar-refractivity contribution is 8.00. The lowest BCUT2D eigenvalue weighted by Crippen LogP contribution is -2.61. The third-order valence-corrected chi connectivity index (χ3v) is 13.5. The summed E-state index contributed by atoms with van der Waals surface area (Å²) in [5.41, 5.74) is 22.3. The molecule has 0 bridgehead atoms. The van der Waals surface area contributed by atoms with Crippen molar-refractivity contribution in [1.29, 1.82) is 0 Å². The smallest absolute Gasteiger partial charge is 0.305 e. The van der Waals surface area contributed by atoms with E-state index >= 15 is 0 Å². The minimum absolute atomic E-state index is 0.0277. The fourth-order valence-electron chi connectivity index (χ4n) is 8.11. The second kappa shape index (κ2) is 40.0. The number of carboxylic acids is 1. The Morgan fingerprint density at radius 3 is 1.78 bits per heavy atom. The fraction of sp³-hybridized carbons (Fsp3) is 0.640. The molecule has 0 aliphatic carbocycles. The van der Waals surface area contributed by atoms with Crippen molar-refractivity contribution in [3.05, 3.63) is 18.2 Å². The lowest BCUT2D eigenvalue weighted by molar-refractivity contribution is -0.147. The number of aliphatic imine (C=N–C) groups is 1. The van der Waals surface area contributed by atoms with Gasteiger partial charge in [-0.15, -0.1) is 0 Å². The molecule has 0 radical (unpaired) electrons. The van der Waals surface area contributed by atoms with Crippen molar-refractivity contribution in [3.8, 4) is 0 Å². The molecule has 0 saturated carbocycles. The van der Waals surface area contributed by atoms with Crippen molar-refractivity contribution in [2.75, 3.05) is 79.1 Å². The van der Waals surface area contributed by atoms with Gasteiger partial charge in [0, 0.05) is 58.1 Å². The minimum atomic E-state index is -2.11. The second-order valence-corrected chi connectivity index (χ2v) is 21.0. The fourth-order valence-corrected chi connectivity index (χ4v) is 8.74. The van der Waals surface area contributed by atoms with E-state index in [2.05, 4.69) is 62.8 Å². The first-order valence-corrected chi connectivity index (χ1v) is 28.8. The van der Waals surface area contributed by atoms with Gasteiger partial charge in [0.05, 0.1) is 63.9 Å². The van der Waals surface area contributed by atoms with Crippen molar-refractivity contribution in [2.45, 2.75) is 119 Å². The van der Waals surface area contributed by atoms with Gasteiger partial charge < -0.3 is 106 Å². The number of H-pyrrole nitrogens is 1. The number of carbonyl (C=O) groups is 14. The van der Waals surface area contributed by atoms with Crippen LogP contribution in [0.2, 0.25) is 0 Å². The zero-order valence-electron chi connectivity index (χ0n) is 49.1. The summed E-state index contributed by atoms with van der Waals surface area (Å²) >= 11 is 1.11. The molecule has 22 N–H and O–H groups in total. The number of imide groups is 1. The predicted octanol–water partition coefficient (Wildman–Crippen LogP) is -10.0. The Morgan fingerprint density at radius 1 is 0.705 bits per heavy atom. The first-order valence-electron chi connectivity index (χ1n) is 27.5. The van der Waals surface area contributed by atoms with Crippen LogP contribution in [0, 0.1) is 5.92 Å². The normalized spacial score (nSPS) is 15.5. The number of methoxy groups -OCH3 is 1. The molecule has 9 atom stereocenters. The van der Waals surface area contributed by atoms with Crippen LogP contribution in [-0.4, -0.2) is 252 Å². The van der Waals surface area contributed by atoms with Gasteiger partial charge in [0.25, 0.3) is 0 Å². The summed E-state index contributed by atoms with van der Waals surface area (Å²) < 4.78 is 10.2. The summed E-state index contributed by atoms with van der Waals surface area (Å²) in [4.78, 5) is 195. The van der Waals surface area contributed by atoms with Gasteiger partial charge >= 0.3 is 5.97 Å². The molecule has 88 heavy (non-hydrogen) atoms. The Hall–Kier alpha value is -8.59. The molecule has 13 amide bonds. The molecule has 37 nitrogen and oxygen atoms in total. The number of imidazole rings is 1. The van der Waals surface area contributed by atoms with E-state index in [-0.39, 0.29) is 57.1 Å². The predicted molar refractivity (Wildman–Crippen MR) is 308 cm³/mol. The molecular weight excluding hydrogens is 1190 g/mol.